The average molecular weight is 477 g/mol. The van der Waals surface area contributed by atoms with Gasteiger partial charge >= 0.3 is 0 Å². The van der Waals surface area contributed by atoms with Gasteiger partial charge in [-0.25, -0.2) is 0 Å². The maximum absolute atomic E-state index is 9.40. The number of aryl methyl sites for hydroxylation is 2. The van der Waals surface area contributed by atoms with Crippen molar-refractivity contribution in [1.82, 2.24) is 0 Å². The van der Waals surface area contributed by atoms with E-state index in [2.05, 4.69) is 56.5 Å². The van der Waals surface area contributed by atoms with Crippen molar-refractivity contribution in [1.29, 1.82) is 0 Å². The van der Waals surface area contributed by atoms with E-state index in [0.717, 1.165) is 36.2 Å². The number of rotatable bonds is 8. The summed E-state index contributed by atoms with van der Waals surface area (Å²) in [6, 6.07) is 18.2. The zero-order valence-electron chi connectivity index (χ0n) is 20.9. The molecule has 32 heavy (non-hydrogen) atoms. The first-order valence-corrected chi connectivity index (χ1v) is 13.7. The highest BCUT2D eigenvalue weighted by atomic mass is 32.2. The van der Waals surface area contributed by atoms with Crippen molar-refractivity contribution in [3.63, 3.8) is 0 Å². The Kier molecular flexibility index (Phi) is 26.1. The second-order valence-electron chi connectivity index (χ2n) is 7.05. The smallest absolute Gasteiger partial charge is 0.118 e. The maximum Gasteiger partial charge on any atom is 0.118 e. The Balaban J connectivity index is 0. The molecule has 0 unspecified atom stereocenters. The molecule has 0 radical (unpaired) electrons. The van der Waals surface area contributed by atoms with Crippen LogP contribution in [0.4, 0.5) is 0 Å². The van der Waals surface area contributed by atoms with Gasteiger partial charge in [0.1, 0.15) is 5.75 Å². The summed E-state index contributed by atoms with van der Waals surface area (Å²) in [7, 11) is 0. The quantitative estimate of drug-likeness (QED) is 0.226. The van der Waals surface area contributed by atoms with E-state index in [4.69, 9.17) is 4.55 Å². The first kappa shape index (κ1) is 32.6. The Morgan fingerprint density at radius 3 is 1.91 bits per heavy atom. The molecular formula is C28H44O2S2. The number of aromatic hydroxyl groups is 1. The Labute approximate surface area is 206 Å². The largest absolute Gasteiger partial charge is 0.508 e. The van der Waals surface area contributed by atoms with E-state index >= 15 is 0 Å². The van der Waals surface area contributed by atoms with Crippen LogP contribution in [-0.2, 0) is 12.8 Å². The van der Waals surface area contributed by atoms with Crippen LogP contribution in [0.3, 0.4) is 0 Å². The van der Waals surface area contributed by atoms with Crippen molar-refractivity contribution in [3.8, 4) is 5.75 Å². The van der Waals surface area contributed by atoms with E-state index in [1.165, 1.54) is 30.4 Å². The van der Waals surface area contributed by atoms with Crippen LogP contribution >= 0.6 is 23.8 Å². The topological polar surface area (TPSA) is 40.5 Å². The SMILES string of the molecule is CC=C(C)CCCc1ccccc1.CC=CC.CSCCCc1ccccc1O.CSO. The summed E-state index contributed by atoms with van der Waals surface area (Å²) in [5, 5.41) is 9.40. The van der Waals surface area contributed by atoms with Gasteiger partial charge in [-0.3, -0.25) is 0 Å². The molecular weight excluding hydrogens is 432 g/mol. The van der Waals surface area contributed by atoms with Crippen LogP contribution in [0.5, 0.6) is 5.75 Å². The van der Waals surface area contributed by atoms with Gasteiger partial charge < -0.3 is 9.66 Å². The molecule has 0 aliphatic heterocycles. The first-order chi connectivity index (χ1) is 15.5. The lowest BCUT2D eigenvalue weighted by molar-refractivity contribution is 0.467. The van der Waals surface area contributed by atoms with Gasteiger partial charge in [-0.2, -0.15) is 11.8 Å². The van der Waals surface area contributed by atoms with E-state index in [9.17, 15) is 5.11 Å². The van der Waals surface area contributed by atoms with Crippen LogP contribution in [0.1, 0.15) is 58.1 Å². The van der Waals surface area contributed by atoms with Gasteiger partial charge in [0.25, 0.3) is 0 Å². The molecule has 0 spiro atoms. The lowest BCUT2D eigenvalue weighted by atomic mass is 10.1. The molecule has 2 aromatic carbocycles. The van der Waals surface area contributed by atoms with Crippen LogP contribution in [-0.4, -0.2) is 27.9 Å². The van der Waals surface area contributed by atoms with Crippen LogP contribution in [0.25, 0.3) is 0 Å². The Hall–Kier alpha value is -1.62. The number of para-hydroxylation sites is 1. The Morgan fingerprint density at radius 2 is 1.41 bits per heavy atom. The fraction of sp³-hybridized carbons (Fsp3) is 0.429. The van der Waals surface area contributed by atoms with Gasteiger partial charge in [-0.05, 0) is 101 Å². The number of hydrogen-bond donors (Lipinski definition) is 2. The minimum atomic E-state index is 0.429. The maximum atomic E-state index is 9.40. The van der Waals surface area contributed by atoms with Crippen molar-refractivity contribution in [2.75, 3.05) is 18.3 Å². The predicted molar refractivity (Wildman–Crippen MR) is 150 cm³/mol. The fourth-order valence-corrected chi connectivity index (χ4v) is 2.92. The number of thioether (sulfide) groups is 1. The Morgan fingerprint density at radius 1 is 0.844 bits per heavy atom. The van der Waals surface area contributed by atoms with E-state index in [-0.39, 0.29) is 0 Å². The molecule has 2 N–H and O–H groups in total. The van der Waals surface area contributed by atoms with Crippen LogP contribution in [0.15, 0.2) is 78.4 Å². The van der Waals surface area contributed by atoms with Gasteiger partial charge in [0.05, 0.1) is 0 Å². The van der Waals surface area contributed by atoms with E-state index in [1.54, 1.807) is 12.3 Å². The molecule has 0 amide bonds. The molecule has 0 aliphatic carbocycles. The number of phenols is 1. The molecule has 2 aromatic rings. The van der Waals surface area contributed by atoms with Crippen LogP contribution in [0, 0.1) is 0 Å². The second kappa shape index (κ2) is 25.6. The van der Waals surface area contributed by atoms with E-state index in [0.29, 0.717) is 5.75 Å². The molecule has 2 rings (SSSR count). The minimum Gasteiger partial charge on any atom is -0.508 e. The fourth-order valence-electron chi connectivity index (χ4n) is 2.49. The molecule has 0 aromatic heterocycles. The zero-order valence-corrected chi connectivity index (χ0v) is 22.5. The molecule has 4 heteroatoms. The lowest BCUT2D eigenvalue weighted by Crippen LogP contribution is -1.87. The standard InChI is InChI=1S/C13H18.C10H14OS.C4H8.CH4OS/c1-3-12(2)8-7-11-13-9-5-4-6-10-13;1-12-8-4-6-9-5-2-3-7-10(9)11;1-3-4-2;1-3-2/h3-6,9-10H,7-8,11H2,1-2H3;2-3,5,7,11H,4,6,8H2,1H3;3-4H,1-2H3;2H,1H3. The van der Waals surface area contributed by atoms with Gasteiger partial charge in [-0.15, -0.1) is 0 Å². The van der Waals surface area contributed by atoms with E-state index in [1.807, 2.05) is 56.0 Å². The number of benzene rings is 2. The molecule has 180 valence electrons. The monoisotopic (exact) mass is 476 g/mol. The van der Waals surface area contributed by atoms with Crippen LogP contribution < -0.4 is 0 Å². The predicted octanol–water partition coefficient (Wildman–Crippen LogP) is 9.07. The van der Waals surface area contributed by atoms with Gasteiger partial charge in [0, 0.05) is 6.26 Å². The highest BCUT2D eigenvalue weighted by Gasteiger charge is 1.97. The number of phenolic OH excluding ortho intramolecular Hbond substituents is 1. The molecule has 0 saturated heterocycles. The summed E-state index contributed by atoms with van der Waals surface area (Å²) >= 11 is 2.60. The summed E-state index contributed by atoms with van der Waals surface area (Å²) in [6.45, 7) is 8.31. The third-order valence-corrected chi connectivity index (χ3v) is 5.19. The van der Waals surface area contributed by atoms with Crippen molar-refractivity contribution in [2.45, 2.75) is 59.8 Å². The summed E-state index contributed by atoms with van der Waals surface area (Å²) in [5.74, 6) is 1.59. The first-order valence-electron chi connectivity index (χ1n) is 11.2. The highest BCUT2D eigenvalue weighted by Crippen LogP contribution is 2.17. The van der Waals surface area contributed by atoms with Crippen LogP contribution in [0.2, 0.25) is 0 Å². The molecule has 0 bridgehead atoms. The molecule has 0 heterocycles. The normalized spacial score (nSPS) is 10.3. The third kappa shape index (κ3) is 21.6. The van der Waals surface area contributed by atoms with E-state index < -0.39 is 0 Å². The van der Waals surface area contributed by atoms with Crippen molar-refractivity contribution in [3.05, 3.63) is 89.5 Å². The van der Waals surface area contributed by atoms with Gasteiger partial charge in [0.2, 0.25) is 0 Å². The zero-order chi connectivity index (χ0) is 24.5. The third-order valence-electron chi connectivity index (χ3n) is 4.49. The Bertz CT molecular complexity index is 694. The van der Waals surface area contributed by atoms with Gasteiger partial charge in [0.15, 0.2) is 0 Å². The number of hydrogen-bond acceptors (Lipinski definition) is 4. The molecule has 0 atom stereocenters. The summed E-state index contributed by atoms with van der Waals surface area (Å²) < 4.78 is 7.49. The minimum absolute atomic E-state index is 0.429. The van der Waals surface area contributed by atoms with Crippen molar-refractivity contribution >= 4 is 23.8 Å². The second-order valence-corrected chi connectivity index (χ2v) is 8.40. The summed E-state index contributed by atoms with van der Waals surface area (Å²) in [4.78, 5) is 0. The van der Waals surface area contributed by atoms with Gasteiger partial charge in [-0.1, -0.05) is 72.3 Å². The molecule has 0 fully saturated rings. The summed E-state index contributed by atoms with van der Waals surface area (Å²) in [6.07, 6.45) is 15.7. The number of allylic oxidation sites excluding steroid dienone is 4. The molecule has 0 aliphatic rings. The highest BCUT2D eigenvalue weighted by molar-refractivity contribution is 7.98. The molecule has 0 saturated carbocycles. The summed E-state index contributed by atoms with van der Waals surface area (Å²) in [5.41, 5.74) is 4.01. The van der Waals surface area contributed by atoms with Crippen molar-refractivity contribution < 1.29 is 9.66 Å². The van der Waals surface area contributed by atoms with Crippen molar-refractivity contribution in [2.24, 2.45) is 0 Å². The molecule has 2 nitrogen and oxygen atoms in total. The lowest BCUT2D eigenvalue weighted by Gasteiger charge is -2.02. The average Bonchev–Trinajstić information content (AvgIpc) is 2.82.